The fraction of sp³-hybridized carbons (Fsp3) is 0.188. The smallest absolute Gasteiger partial charge is 0.125 e. The molecule has 0 aromatic heterocycles. The summed E-state index contributed by atoms with van der Waals surface area (Å²) in [7, 11) is 1.91. The van der Waals surface area contributed by atoms with Gasteiger partial charge in [0.15, 0.2) is 0 Å². The van der Waals surface area contributed by atoms with E-state index in [9.17, 15) is 0 Å². The normalized spacial score (nSPS) is 10.6. The zero-order valence-electron chi connectivity index (χ0n) is 11.3. The van der Waals surface area contributed by atoms with Crippen LogP contribution >= 0.6 is 0 Å². The predicted octanol–water partition coefficient (Wildman–Crippen LogP) is 3.50. The molecule has 0 saturated carbocycles. The number of hydrazone groups is 1. The zero-order valence-corrected chi connectivity index (χ0v) is 11.3. The fourth-order valence-corrected chi connectivity index (χ4v) is 1.63. The van der Waals surface area contributed by atoms with Crippen LogP contribution in [-0.2, 0) is 0 Å². The van der Waals surface area contributed by atoms with E-state index in [0.717, 1.165) is 11.4 Å². The molecule has 0 N–H and O–H groups in total. The lowest BCUT2D eigenvalue weighted by atomic mass is 10.2. The summed E-state index contributed by atoms with van der Waals surface area (Å²) in [6.07, 6.45) is 1.76. The molecule has 0 aliphatic rings. The van der Waals surface area contributed by atoms with Gasteiger partial charge in [-0.3, -0.25) is 5.01 Å². The molecular weight excluding hydrogens is 236 g/mol. The molecule has 19 heavy (non-hydrogen) atoms. The minimum Gasteiger partial charge on any atom is -0.488 e. The van der Waals surface area contributed by atoms with Crippen LogP contribution in [0.25, 0.3) is 0 Å². The molecule has 0 saturated heterocycles. The molecule has 2 aromatic rings. The monoisotopic (exact) mass is 254 g/mol. The quantitative estimate of drug-likeness (QED) is 0.602. The lowest BCUT2D eigenvalue weighted by molar-refractivity contribution is 0.380. The minimum atomic E-state index is 0.459. The molecule has 2 rings (SSSR count). The highest BCUT2D eigenvalue weighted by Crippen LogP contribution is 2.12. The summed E-state index contributed by atoms with van der Waals surface area (Å²) in [4.78, 5) is 0. The molecule has 98 valence electrons. The Bertz CT molecular complexity index is 520. The topological polar surface area (TPSA) is 24.8 Å². The Balaban J connectivity index is 1.82. The highest BCUT2D eigenvalue weighted by atomic mass is 16.5. The molecule has 3 nitrogen and oxygen atoms in total. The van der Waals surface area contributed by atoms with Crippen LogP contribution in [0.2, 0.25) is 0 Å². The number of hydrogen-bond acceptors (Lipinski definition) is 3. The van der Waals surface area contributed by atoms with E-state index in [1.807, 2.05) is 66.7 Å². The molecule has 0 aliphatic carbocycles. The Kier molecular flexibility index (Phi) is 4.56. The average molecular weight is 254 g/mol. The third-order valence-corrected chi connectivity index (χ3v) is 2.73. The summed E-state index contributed by atoms with van der Waals surface area (Å²) in [5.74, 6) is 0.861. The number of nitrogens with zero attached hydrogens (tertiary/aromatic N) is 2. The maximum Gasteiger partial charge on any atom is 0.125 e. The largest absolute Gasteiger partial charge is 0.488 e. The summed E-state index contributed by atoms with van der Waals surface area (Å²) in [6.45, 7) is 2.51. The molecule has 0 fully saturated rings. The number of hydrogen-bond donors (Lipinski definition) is 0. The molecule has 2 aromatic carbocycles. The van der Waals surface area contributed by atoms with Crippen molar-refractivity contribution >= 4 is 11.9 Å². The van der Waals surface area contributed by atoms with Crippen molar-refractivity contribution in [2.24, 2.45) is 5.10 Å². The molecule has 0 radical (unpaired) electrons. The Labute approximate surface area is 114 Å². The Morgan fingerprint density at radius 2 is 1.74 bits per heavy atom. The average Bonchev–Trinajstić information content (AvgIpc) is 2.46. The molecule has 3 heteroatoms. The van der Waals surface area contributed by atoms with Crippen LogP contribution in [0.4, 0.5) is 5.69 Å². The number of aryl methyl sites for hydroxylation is 1. The zero-order chi connectivity index (χ0) is 13.5. The number of benzene rings is 2. The van der Waals surface area contributed by atoms with Crippen LogP contribution in [0.5, 0.6) is 5.75 Å². The second kappa shape index (κ2) is 6.59. The number of para-hydroxylation sites is 1. The van der Waals surface area contributed by atoms with Crippen LogP contribution in [0, 0.1) is 6.92 Å². The minimum absolute atomic E-state index is 0.459. The molecule has 0 aliphatic heterocycles. The van der Waals surface area contributed by atoms with E-state index in [1.54, 1.807) is 6.21 Å². The van der Waals surface area contributed by atoms with Crippen molar-refractivity contribution < 1.29 is 4.74 Å². The van der Waals surface area contributed by atoms with Crippen molar-refractivity contribution in [3.63, 3.8) is 0 Å². The van der Waals surface area contributed by atoms with E-state index >= 15 is 0 Å². The second-order valence-corrected chi connectivity index (χ2v) is 4.28. The van der Waals surface area contributed by atoms with Crippen LogP contribution in [0.3, 0.4) is 0 Å². The van der Waals surface area contributed by atoms with Gasteiger partial charge in [0.05, 0.1) is 11.9 Å². The molecular formula is C16H18N2O. The van der Waals surface area contributed by atoms with E-state index in [1.165, 1.54) is 5.56 Å². The lowest BCUT2D eigenvalue weighted by Crippen LogP contribution is -2.10. The van der Waals surface area contributed by atoms with Crippen molar-refractivity contribution in [1.29, 1.82) is 0 Å². The van der Waals surface area contributed by atoms with Gasteiger partial charge >= 0.3 is 0 Å². The SMILES string of the molecule is Cc1ccc(OCC=NN(C)c2ccccc2)cc1. The first-order valence-electron chi connectivity index (χ1n) is 6.26. The van der Waals surface area contributed by atoms with Gasteiger partial charge in [0, 0.05) is 7.05 Å². The highest BCUT2D eigenvalue weighted by Gasteiger charge is 1.95. The van der Waals surface area contributed by atoms with Crippen molar-refractivity contribution in [3.8, 4) is 5.75 Å². The third kappa shape index (κ3) is 4.14. The van der Waals surface area contributed by atoms with Gasteiger partial charge in [0.25, 0.3) is 0 Å². The summed E-state index contributed by atoms with van der Waals surface area (Å²) in [5, 5.41) is 6.13. The van der Waals surface area contributed by atoms with Gasteiger partial charge in [0.1, 0.15) is 12.4 Å². The van der Waals surface area contributed by atoms with Crippen molar-refractivity contribution in [2.45, 2.75) is 6.92 Å². The molecule has 0 amide bonds. The molecule has 0 unspecified atom stereocenters. The maximum absolute atomic E-state index is 5.57. The lowest BCUT2D eigenvalue weighted by Gasteiger charge is -2.12. The van der Waals surface area contributed by atoms with Crippen molar-refractivity contribution in [3.05, 3.63) is 60.2 Å². The highest BCUT2D eigenvalue weighted by molar-refractivity contribution is 5.61. The molecule has 0 spiro atoms. The molecule has 0 bridgehead atoms. The summed E-state index contributed by atoms with van der Waals surface area (Å²) in [6, 6.07) is 18.0. The van der Waals surface area contributed by atoms with Crippen LogP contribution in [0.15, 0.2) is 59.7 Å². The van der Waals surface area contributed by atoms with Gasteiger partial charge in [-0.2, -0.15) is 5.10 Å². The number of anilines is 1. The van der Waals surface area contributed by atoms with E-state index in [2.05, 4.69) is 12.0 Å². The Hall–Kier alpha value is -2.29. The van der Waals surface area contributed by atoms with Gasteiger partial charge in [-0.1, -0.05) is 35.9 Å². The van der Waals surface area contributed by atoms with E-state index < -0.39 is 0 Å². The summed E-state index contributed by atoms with van der Waals surface area (Å²) < 4.78 is 5.57. The van der Waals surface area contributed by atoms with E-state index in [0.29, 0.717) is 6.61 Å². The third-order valence-electron chi connectivity index (χ3n) is 2.73. The maximum atomic E-state index is 5.57. The number of rotatable bonds is 5. The Morgan fingerprint density at radius 3 is 2.42 bits per heavy atom. The summed E-state index contributed by atoms with van der Waals surface area (Å²) >= 11 is 0. The number of ether oxygens (including phenoxy) is 1. The van der Waals surface area contributed by atoms with Gasteiger partial charge in [-0.05, 0) is 31.2 Å². The first kappa shape index (κ1) is 13.1. The molecule has 0 atom stereocenters. The van der Waals surface area contributed by atoms with Crippen molar-refractivity contribution in [1.82, 2.24) is 0 Å². The van der Waals surface area contributed by atoms with Gasteiger partial charge in [-0.25, -0.2) is 0 Å². The van der Waals surface area contributed by atoms with Crippen LogP contribution in [-0.4, -0.2) is 19.9 Å². The van der Waals surface area contributed by atoms with Crippen LogP contribution < -0.4 is 9.75 Å². The van der Waals surface area contributed by atoms with Gasteiger partial charge in [-0.15, -0.1) is 0 Å². The van der Waals surface area contributed by atoms with Crippen LogP contribution in [0.1, 0.15) is 5.56 Å². The van der Waals surface area contributed by atoms with E-state index in [4.69, 9.17) is 4.74 Å². The Morgan fingerprint density at radius 1 is 1.05 bits per heavy atom. The predicted molar refractivity (Wildman–Crippen MR) is 80.0 cm³/mol. The van der Waals surface area contributed by atoms with Crippen molar-refractivity contribution in [2.75, 3.05) is 18.7 Å². The molecule has 0 heterocycles. The van der Waals surface area contributed by atoms with E-state index in [-0.39, 0.29) is 0 Å². The fourth-order valence-electron chi connectivity index (χ4n) is 1.63. The van der Waals surface area contributed by atoms with Gasteiger partial charge in [0.2, 0.25) is 0 Å². The first-order chi connectivity index (χ1) is 9.25. The second-order valence-electron chi connectivity index (χ2n) is 4.28. The standard InChI is InChI=1S/C16H18N2O/c1-14-8-10-16(11-9-14)19-13-12-17-18(2)15-6-4-3-5-7-15/h3-12H,13H2,1-2H3. The summed E-state index contributed by atoms with van der Waals surface area (Å²) in [5.41, 5.74) is 2.28. The first-order valence-corrected chi connectivity index (χ1v) is 6.26. The van der Waals surface area contributed by atoms with Gasteiger partial charge < -0.3 is 4.74 Å².